The number of ether oxygens (including phenoxy) is 2. The summed E-state index contributed by atoms with van der Waals surface area (Å²) in [7, 11) is 1.60. The van der Waals surface area contributed by atoms with Crippen molar-refractivity contribution in [3.05, 3.63) is 42.2 Å². The zero-order valence-corrected chi connectivity index (χ0v) is 15.7. The van der Waals surface area contributed by atoms with Crippen molar-refractivity contribution in [1.82, 2.24) is 4.90 Å². The number of carboxylic acids is 1. The van der Waals surface area contributed by atoms with Crippen LogP contribution in [0.1, 0.15) is 23.4 Å². The number of amides is 1. The lowest BCUT2D eigenvalue weighted by Gasteiger charge is -2.35. The topological polar surface area (TPSA) is 89.2 Å². The van der Waals surface area contributed by atoms with E-state index in [0.29, 0.717) is 38.4 Å². The molecule has 1 amide bonds. The molecule has 2 fully saturated rings. The van der Waals surface area contributed by atoms with Crippen LogP contribution < -0.4 is 4.74 Å². The number of carbonyl (C=O) groups excluding carboxylic acids is 1. The Morgan fingerprint density at radius 3 is 2.50 bits per heavy atom. The third kappa shape index (κ3) is 3.26. The van der Waals surface area contributed by atoms with Gasteiger partial charge in [0.05, 0.1) is 13.0 Å². The lowest BCUT2D eigenvalue weighted by molar-refractivity contribution is -0.146. The van der Waals surface area contributed by atoms with Gasteiger partial charge in [0.1, 0.15) is 11.5 Å². The maximum absolute atomic E-state index is 13.0. The van der Waals surface area contributed by atoms with Crippen molar-refractivity contribution < 1.29 is 28.6 Å². The SMILES string of the molecule is COc1ccc(-c2ccc(C(=O)N3CC(C(=O)O)C4(CCOCC4)C3)o2)cc1. The van der Waals surface area contributed by atoms with Crippen molar-refractivity contribution in [3.63, 3.8) is 0 Å². The number of nitrogens with zero attached hydrogens (tertiary/aromatic N) is 1. The zero-order valence-electron chi connectivity index (χ0n) is 15.7. The molecule has 7 heteroatoms. The molecule has 1 aromatic heterocycles. The minimum atomic E-state index is -0.851. The van der Waals surface area contributed by atoms with Crippen molar-refractivity contribution in [2.75, 3.05) is 33.4 Å². The first-order chi connectivity index (χ1) is 13.5. The number of aliphatic carboxylic acids is 1. The van der Waals surface area contributed by atoms with Crippen molar-refractivity contribution >= 4 is 11.9 Å². The fraction of sp³-hybridized carbons (Fsp3) is 0.429. The first-order valence-electron chi connectivity index (χ1n) is 9.36. The van der Waals surface area contributed by atoms with E-state index in [4.69, 9.17) is 13.9 Å². The summed E-state index contributed by atoms with van der Waals surface area (Å²) < 4.78 is 16.3. The first kappa shape index (κ1) is 18.6. The molecule has 1 N–H and O–H groups in total. The van der Waals surface area contributed by atoms with Crippen molar-refractivity contribution in [1.29, 1.82) is 0 Å². The molecule has 0 bridgehead atoms. The minimum Gasteiger partial charge on any atom is -0.497 e. The highest BCUT2D eigenvalue weighted by molar-refractivity contribution is 5.93. The maximum atomic E-state index is 13.0. The van der Waals surface area contributed by atoms with E-state index in [1.807, 2.05) is 24.3 Å². The number of hydrogen-bond donors (Lipinski definition) is 1. The average molecular weight is 385 g/mol. The van der Waals surface area contributed by atoms with Gasteiger partial charge in [-0.15, -0.1) is 0 Å². The van der Waals surface area contributed by atoms with Crippen molar-refractivity contribution in [3.8, 4) is 17.1 Å². The summed E-state index contributed by atoms with van der Waals surface area (Å²) >= 11 is 0. The van der Waals surface area contributed by atoms with Gasteiger partial charge >= 0.3 is 5.97 Å². The highest BCUT2D eigenvalue weighted by atomic mass is 16.5. The molecule has 1 atom stereocenters. The number of methoxy groups -OCH3 is 1. The molecule has 2 aliphatic heterocycles. The normalized spacial score (nSPS) is 21.0. The summed E-state index contributed by atoms with van der Waals surface area (Å²) in [4.78, 5) is 26.4. The molecule has 2 aliphatic rings. The predicted octanol–water partition coefficient (Wildman–Crippen LogP) is 2.91. The van der Waals surface area contributed by atoms with E-state index in [9.17, 15) is 14.7 Å². The molecule has 1 aromatic carbocycles. The van der Waals surface area contributed by atoms with Crippen LogP contribution in [0.5, 0.6) is 5.75 Å². The van der Waals surface area contributed by atoms with Crippen LogP contribution in [0, 0.1) is 11.3 Å². The smallest absolute Gasteiger partial charge is 0.308 e. The summed E-state index contributed by atoms with van der Waals surface area (Å²) in [5, 5.41) is 9.68. The number of rotatable bonds is 4. The molecule has 0 aliphatic carbocycles. The van der Waals surface area contributed by atoms with Gasteiger partial charge in [0.25, 0.3) is 5.91 Å². The van der Waals surface area contributed by atoms with Gasteiger partial charge in [-0.25, -0.2) is 0 Å². The quantitative estimate of drug-likeness (QED) is 0.871. The van der Waals surface area contributed by atoms with Gasteiger partial charge in [-0.2, -0.15) is 0 Å². The third-order valence-electron chi connectivity index (χ3n) is 5.91. The molecular formula is C21H23NO6. The predicted molar refractivity (Wildman–Crippen MR) is 100 cm³/mol. The van der Waals surface area contributed by atoms with Gasteiger partial charge in [0.15, 0.2) is 5.76 Å². The largest absolute Gasteiger partial charge is 0.497 e. The Labute approximate surface area is 162 Å². The van der Waals surface area contributed by atoms with Crippen LogP contribution in [0.3, 0.4) is 0 Å². The Hall–Kier alpha value is -2.80. The molecule has 28 heavy (non-hydrogen) atoms. The average Bonchev–Trinajstić information content (AvgIpc) is 3.34. The van der Waals surface area contributed by atoms with E-state index in [-0.39, 0.29) is 18.2 Å². The fourth-order valence-electron chi connectivity index (χ4n) is 4.27. The van der Waals surface area contributed by atoms with Crippen molar-refractivity contribution in [2.45, 2.75) is 12.8 Å². The monoisotopic (exact) mass is 385 g/mol. The number of hydrogen-bond acceptors (Lipinski definition) is 5. The molecule has 2 saturated heterocycles. The molecule has 0 radical (unpaired) electrons. The van der Waals surface area contributed by atoms with Crippen LogP contribution in [-0.4, -0.2) is 55.3 Å². The summed E-state index contributed by atoms with van der Waals surface area (Å²) in [5.74, 6) is -0.147. The second kappa shape index (κ2) is 7.31. The standard InChI is InChI=1S/C21H23NO6/c1-26-15-4-2-14(3-5-15)17-6-7-18(28-17)19(23)22-12-16(20(24)25)21(13-22)8-10-27-11-9-21/h2-7,16H,8-13H2,1H3,(H,24,25). The zero-order chi connectivity index (χ0) is 19.7. The second-order valence-electron chi connectivity index (χ2n) is 7.44. The Morgan fingerprint density at radius 1 is 1.14 bits per heavy atom. The summed E-state index contributed by atoms with van der Waals surface area (Å²) in [6.07, 6.45) is 1.31. The van der Waals surface area contributed by atoms with Crippen LogP contribution >= 0.6 is 0 Å². The summed E-state index contributed by atoms with van der Waals surface area (Å²) in [6, 6.07) is 10.8. The Balaban J connectivity index is 1.53. The maximum Gasteiger partial charge on any atom is 0.308 e. The third-order valence-corrected chi connectivity index (χ3v) is 5.91. The van der Waals surface area contributed by atoms with Gasteiger partial charge < -0.3 is 23.9 Å². The number of furan rings is 1. The van der Waals surface area contributed by atoms with Gasteiger partial charge in [0, 0.05) is 37.3 Å². The summed E-state index contributed by atoms with van der Waals surface area (Å²) in [6.45, 7) is 1.69. The lowest BCUT2D eigenvalue weighted by atomic mass is 9.72. The van der Waals surface area contributed by atoms with Gasteiger partial charge in [-0.05, 0) is 49.2 Å². The van der Waals surface area contributed by atoms with Crippen LogP contribution in [-0.2, 0) is 9.53 Å². The number of carboxylic acid groups (broad SMARTS) is 1. The van der Waals surface area contributed by atoms with Crippen molar-refractivity contribution in [2.24, 2.45) is 11.3 Å². The Bertz CT molecular complexity index is 865. The fourth-order valence-corrected chi connectivity index (χ4v) is 4.27. The molecular weight excluding hydrogens is 362 g/mol. The molecule has 7 nitrogen and oxygen atoms in total. The first-order valence-corrected chi connectivity index (χ1v) is 9.36. The van der Waals surface area contributed by atoms with E-state index in [2.05, 4.69) is 0 Å². The highest BCUT2D eigenvalue weighted by Crippen LogP contribution is 2.44. The van der Waals surface area contributed by atoms with E-state index in [1.165, 1.54) is 0 Å². The van der Waals surface area contributed by atoms with Gasteiger partial charge in [0.2, 0.25) is 0 Å². The Kier molecular flexibility index (Phi) is 4.85. The molecule has 1 spiro atoms. The minimum absolute atomic E-state index is 0.201. The summed E-state index contributed by atoms with van der Waals surface area (Å²) in [5.41, 5.74) is 0.427. The highest BCUT2D eigenvalue weighted by Gasteiger charge is 2.52. The molecule has 3 heterocycles. The van der Waals surface area contributed by atoms with Gasteiger partial charge in [-0.1, -0.05) is 0 Å². The molecule has 148 valence electrons. The number of likely N-dealkylation sites (tertiary alicyclic amines) is 1. The van der Waals surface area contributed by atoms with Crippen LogP contribution in [0.2, 0.25) is 0 Å². The van der Waals surface area contributed by atoms with Crippen LogP contribution in [0.4, 0.5) is 0 Å². The van der Waals surface area contributed by atoms with Gasteiger partial charge in [-0.3, -0.25) is 9.59 Å². The van der Waals surface area contributed by atoms with E-state index in [0.717, 1.165) is 11.3 Å². The molecule has 0 saturated carbocycles. The van der Waals surface area contributed by atoms with E-state index < -0.39 is 17.3 Å². The number of benzene rings is 1. The molecule has 1 unspecified atom stereocenters. The van der Waals surface area contributed by atoms with E-state index >= 15 is 0 Å². The van der Waals surface area contributed by atoms with E-state index in [1.54, 1.807) is 24.1 Å². The lowest BCUT2D eigenvalue weighted by Crippen LogP contribution is -2.40. The molecule has 4 rings (SSSR count). The molecule has 2 aromatic rings. The second-order valence-corrected chi connectivity index (χ2v) is 7.44. The number of carbonyl (C=O) groups is 2. The van der Waals surface area contributed by atoms with Crippen LogP contribution in [0.15, 0.2) is 40.8 Å². The Morgan fingerprint density at radius 2 is 1.86 bits per heavy atom. The van der Waals surface area contributed by atoms with Crippen LogP contribution in [0.25, 0.3) is 11.3 Å².